The fourth-order valence-electron chi connectivity index (χ4n) is 2.13. The first-order valence-corrected chi connectivity index (χ1v) is 5.07. The van der Waals surface area contributed by atoms with Gasteiger partial charge in [-0.2, -0.15) is 0 Å². The number of carbonyl (C=O) groups is 2. The Bertz CT molecular complexity index is 282. The van der Waals surface area contributed by atoms with Crippen LogP contribution in [-0.4, -0.2) is 55.1 Å². The van der Waals surface area contributed by atoms with Crippen LogP contribution in [0.1, 0.15) is 6.42 Å². The Labute approximate surface area is 87.7 Å². The monoisotopic (exact) mass is 213 g/mol. The van der Waals surface area contributed by atoms with Gasteiger partial charge in [0.05, 0.1) is 18.7 Å². The second-order valence-corrected chi connectivity index (χ2v) is 4.01. The summed E-state index contributed by atoms with van der Waals surface area (Å²) in [7, 11) is 0. The number of amides is 2. The highest BCUT2D eigenvalue weighted by Gasteiger charge is 2.34. The first-order valence-electron chi connectivity index (χ1n) is 5.07. The van der Waals surface area contributed by atoms with Gasteiger partial charge >= 0.3 is 0 Å². The number of nitrogens with one attached hydrogen (secondary N) is 1. The van der Waals surface area contributed by atoms with Gasteiger partial charge in [0.25, 0.3) is 0 Å². The van der Waals surface area contributed by atoms with E-state index >= 15 is 0 Å². The molecule has 3 N–H and O–H groups in total. The predicted octanol–water partition coefficient (Wildman–Crippen LogP) is -1.94. The minimum atomic E-state index is -0.337. The van der Waals surface area contributed by atoms with Gasteiger partial charge in [0, 0.05) is 13.1 Å². The molecule has 84 valence electrons. The molecule has 6 nitrogen and oxygen atoms in total. The van der Waals surface area contributed by atoms with Gasteiger partial charge in [0.2, 0.25) is 11.8 Å². The number of hydrogen-bond acceptors (Lipinski definition) is 4. The Morgan fingerprint density at radius 1 is 1.67 bits per heavy atom. The van der Waals surface area contributed by atoms with Gasteiger partial charge in [-0.1, -0.05) is 0 Å². The van der Waals surface area contributed by atoms with Gasteiger partial charge in [-0.05, 0) is 6.42 Å². The molecule has 0 bridgehead atoms. The van der Waals surface area contributed by atoms with E-state index in [0.29, 0.717) is 6.54 Å². The number of nitrogens with zero attached hydrogens (tertiary/aromatic N) is 1. The number of primary amides is 1. The molecule has 2 aliphatic heterocycles. The zero-order valence-corrected chi connectivity index (χ0v) is 8.44. The van der Waals surface area contributed by atoms with E-state index in [1.807, 2.05) is 4.90 Å². The molecule has 2 fully saturated rings. The Morgan fingerprint density at radius 3 is 3.20 bits per heavy atom. The summed E-state index contributed by atoms with van der Waals surface area (Å²) in [5.74, 6) is -0.423. The summed E-state index contributed by atoms with van der Waals surface area (Å²) < 4.78 is 5.39. The number of likely N-dealkylation sites (tertiary alicyclic amines) is 1. The lowest BCUT2D eigenvalue weighted by atomic mass is 10.0. The Hall–Kier alpha value is -1.14. The van der Waals surface area contributed by atoms with Crippen molar-refractivity contribution < 1.29 is 14.3 Å². The van der Waals surface area contributed by atoms with Crippen molar-refractivity contribution in [2.75, 3.05) is 26.2 Å². The number of hydrogen-bond donors (Lipinski definition) is 2. The molecule has 2 atom stereocenters. The molecule has 2 aliphatic rings. The number of rotatable bonds is 2. The quantitative estimate of drug-likeness (QED) is 0.559. The minimum absolute atomic E-state index is 0.000602. The minimum Gasteiger partial charge on any atom is -0.369 e. The molecule has 2 rings (SSSR count). The summed E-state index contributed by atoms with van der Waals surface area (Å²) in [6.45, 7) is 1.83. The fraction of sp³-hybridized carbons (Fsp3) is 0.778. The van der Waals surface area contributed by atoms with E-state index in [1.165, 1.54) is 0 Å². The van der Waals surface area contributed by atoms with Crippen LogP contribution in [0.4, 0.5) is 0 Å². The van der Waals surface area contributed by atoms with Crippen LogP contribution >= 0.6 is 0 Å². The van der Waals surface area contributed by atoms with Crippen molar-refractivity contribution in [3.8, 4) is 0 Å². The third-order valence-corrected chi connectivity index (χ3v) is 2.79. The molecule has 0 spiro atoms. The average molecular weight is 213 g/mol. The van der Waals surface area contributed by atoms with Crippen molar-refractivity contribution in [3.63, 3.8) is 0 Å². The zero-order chi connectivity index (χ0) is 10.8. The maximum atomic E-state index is 11.1. The van der Waals surface area contributed by atoms with Crippen LogP contribution in [0, 0.1) is 0 Å². The maximum Gasteiger partial charge on any atom is 0.246 e. The third kappa shape index (κ3) is 2.45. The maximum absolute atomic E-state index is 11.1. The summed E-state index contributed by atoms with van der Waals surface area (Å²) >= 11 is 0. The lowest BCUT2D eigenvalue weighted by molar-refractivity contribution is -0.140. The molecule has 2 amide bonds. The van der Waals surface area contributed by atoms with Crippen molar-refractivity contribution in [1.29, 1.82) is 0 Å². The van der Waals surface area contributed by atoms with Crippen LogP contribution in [-0.2, 0) is 14.3 Å². The molecule has 0 saturated carbocycles. The molecular formula is C9H15N3O3. The van der Waals surface area contributed by atoms with E-state index in [1.54, 1.807) is 0 Å². The Morgan fingerprint density at radius 2 is 2.47 bits per heavy atom. The van der Waals surface area contributed by atoms with Crippen LogP contribution in [0.2, 0.25) is 0 Å². The largest absolute Gasteiger partial charge is 0.369 e. The van der Waals surface area contributed by atoms with Gasteiger partial charge in [0.1, 0.15) is 6.61 Å². The highest BCUT2D eigenvalue weighted by molar-refractivity contribution is 5.78. The molecule has 0 aromatic carbocycles. The van der Waals surface area contributed by atoms with Crippen LogP contribution in [0.15, 0.2) is 0 Å². The van der Waals surface area contributed by atoms with E-state index in [-0.39, 0.29) is 37.1 Å². The predicted molar refractivity (Wildman–Crippen MR) is 51.9 cm³/mol. The highest BCUT2D eigenvalue weighted by atomic mass is 16.5. The molecule has 0 unspecified atom stereocenters. The van der Waals surface area contributed by atoms with Crippen LogP contribution < -0.4 is 11.1 Å². The summed E-state index contributed by atoms with van der Waals surface area (Å²) in [5.41, 5.74) is 5.12. The lowest BCUT2D eigenvalue weighted by Crippen LogP contribution is -2.60. The van der Waals surface area contributed by atoms with Crippen LogP contribution in [0.3, 0.4) is 0 Å². The van der Waals surface area contributed by atoms with E-state index in [9.17, 15) is 9.59 Å². The first-order chi connectivity index (χ1) is 7.15. The number of carbonyl (C=O) groups excluding carboxylic acids is 2. The topological polar surface area (TPSA) is 84.7 Å². The summed E-state index contributed by atoms with van der Waals surface area (Å²) in [6.07, 6.45) is 0.921. The van der Waals surface area contributed by atoms with E-state index in [0.717, 1.165) is 13.0 Å². The second-order valence-electron chi connectivity index (χ2n) is 4.01. The second kappa shape index (κ2) is 4.16. The van der Waals surface area contributed by atoms with Crippen molar-refractivity contribution in [3.05, 3.63) is 0 Å². The van der Waals surface area contributed by atoms with E-state index in [4.69, 9.17) is 10.5 Å². The standard InChI is InChI=1S/C9H15N3O3/c10-8(13)4-12-2-1-7-6(3-12)11-9(14)5-15-7/h6-7H,1-5H2,(H2,10,13)(H,11,14)/t6-,7+/m0/s1. The Balaban J connectivity index is 1.91. The van der Waals surface area contributed by atoms with E-state index in [2.05, 4.69) is 5.32 Å². The molecule has 0 radical (unpaired) electrons. The number of morpholine rings is 1. The molecule has 0 aromatic heterocycles. The SMILES string of the molecule is NC(=O)CN1CC[C@H]2OCC(=O)N[C@H]2C1. The van der Waals surface area contributed by atoms with E-state index < -0.39 is 0 Å². The molecule has 2 heterocycles. The van der Waals surface area contributed by atoms with Crippen LogP contribution in [0.25, 0.3) is 0 Å². The molecular weight excluding hydrogens is 198 g/mol. The summed E-state index contributed by atoms with van der Waals surface area (Å²) in [4.78, 5) is 23.8. The molecule has 0 aliphatic carbocycles. The number of piperidine rings is 1. The fourth-order valence-corrected chi connectivity index (χ4v) is 2.13. The number of nitrogens with two attached hydrogens (primary N) is 1. The normalized spacial score (nSPS) is 31.9. The smallest absolute Gasteiger partial charge is 0.246 e. The Kier molecular flexibility index (Phi) is 2.88. The average Bonchev–Trinajstić information content (AvgIpc) is 2.16. The van der Waals surface area contributed by atoms with Crippen molar-refractivity contribution in [1.82, 2.24) is 10.2 Å². The molecule has 2 saturated heterocycles. The summed E-state index contributed by atoms with van der Waals surface area (Å²) in [6, 6.07) is -0.000602. The van der Waals surface area contributed by atoms with Gasteiger partial charge in [-0.25, -0.2) is 0 Å². The lowest BCUT2D eigenvalue weighted by Gasteiger charge is -2.40. The molecule has 0 aromatic rings. The molecule has 15 heavy (non-hydrogen) atoms. The van der Waals surface area contributed by atoms with Crippen molar-refractivity contribution in [2.24, 2.45) is 5.73 Å². The van der Waals surface area contributed by atoms with Gasteiger partial charge < -0.3 is 15.8 Å². The first kappa shape index (κ1) is 10.4. The van der Waals surface area contributed by atoms with Gasteiger partial charge in [-0.3, -0.25) is 14.5 Å². The number of ether oxygens (including phenoxy) is 1. The van der Waals surface area contributed by atoms with Gasteiger partial charge in [-0.15, -0.1) is 0 Å². The number of fused-ring (bicyclic) bond motifs is 1. The highest BCUT2D eigenvalue weighted by Crippen LogP contribution is 2.16. The van der Waals surface area contributed by atoms with Crippen molar-refractivity contribution in [2.45, 2.75) is 18.6 Å². The summed E-state index contributed by atoms with van der Waals surface area (Å²) in [5, 5.41) is 2.86. The zero-order valence-electron chi connectivity index (χ0n) is 8.44. The van der Waals surface area contributed by atoms with Crippen molar-refractivity contribution >= 4 is 11.8 Å². The third-order valence-electron chi connectivity index (χ3n) is 2.79. The van der Waals surface area contributed by atoms with Crippen LogP contribution in [0.5, 0.6) is 0 Å². The molecule has 6 heteroatoms. The van der Waals surface area contributed by atoms with Gasteiger partial charge in [0.15, 0.2) is 0 Å².